The van der Waals surface area contributed by atoms with Crippen LogP contribution in [-0.4, -0.2) is 6.61 Å². The lowest BCUT2D eigenvalue weighted by Gasteiger charge is -2.02. The molecule has 0 saturated carbocycles. The Morgan fingerprint density at radius 1 is 1.47 bits per heavy atom. The Kier molecular flexibility index (Phi) is 5.52. The molecule has 1 aromatic rings. The quantitative estimate of drug-likeness (QED) is 0.510. The molecule has 15 heavy (non-hydrogen) atoms. The highest BCUT2D eigenvalue weighted by molar-refractivity contribution is 5.22. The minimum absolute atomic E-state index is 0.262. The van der Waals surface area contributed by atoms with E-state index in [9.17, 15) is 4.39 Å². The maximum Gasteiger partial charge on any atom is 0.172 e. The van der Waals surface area contributed by atoms with Crippen molar-refractivity contribution in [3.8, 4) is 5.75 Å². The second kappa shape index (κ2) is 7.04. The van der Waals surface area contributed by atoms with Gasteiger partial charge in [-0.25, -0.2) is 4.39 Å². The molecule has 1 aromatic carbocycles. The van der Waals surface area contributed by atoms with Gasteiger partial charge in [0.05, 0.1) is 0 Å². The number of unbranched alkanes of at least 4 members (excludes halogenated alkanes) is 2. The van der Waals surface area contributed by atoms with Crippen LogP contribution in [0.15, 0.2) is 30.4 Å². The summed E-state index contributed by atoms with van der Waals surface area (Å²) in [7, 11) is 0. The van der Waals surface area contributed by atoms with Crippen LogP contribution >= 0.6 is 0 Å². The molecule has 1 radical (unpaired) electrons. The Balaban J connectivity index is 2.26. The summed E-state index contributed by atoms with van der Waals surface area (Å²) in [5, 5.41) is 0. The van der Waals surface area contributed by atoms with Crippen LogP contribution in [-0.2, 0) is 0 Å². The average molecular weight is 207 g/mol. The van der Waals surface area contributed by atoms with Crippen molar-refractivity contribution in [2.75, 3.05) is 6.61 Å². The van der Waals surface area contributed by atoms with Gasteiger partial charge in [-0.1, -0.05) is 44.1 Å². The van der Waals surface area contributed by atoms with E-state index in [1.807, 2.05) is 6.08 Å². The standard InChI is InChI=1S/C13H16FO/c1-2-3-4-5-8-11-15-13-10-7-6-9-12(13)14/h5-8,10H,2-4,11H2,1H3. The SMILES string of the molecule is CCCCC=CCOc1ccc[c]c1F. The van der Waals surface area contributed by atoms with Crippen molar-refractivity contribution in [1.82, 2.24) is 0 Å². The summed E-state index contributed by atoms with van der Waals surface area (Å²) in [6.45, 7) is 2.57. The van der Waals surface area contributed by atoms with E-state index in [2.05, 4.69) is 19.1 Å². The molecule has 0 aliphatic rings. The van der Waals surface area contributed by atoms with Crippen molar-refractivity contribution in [2.45, 2.75) is 26.2 Å². The smallest absolute Gasteiger partial charge is 0.172 e. The Morgan fingerprint density at radius 2 is 2.33 bits per heavy atom. The van der Waals surface area contributed by atoms with Gasteiger partial charge in [-0.3, -0.25) is 0 Å². The van der Waals surface area contributed by atoms with Gasteiger partial charge in [-0.15, -0.1) is 0 Å². The van der Waals surface area contributed by atoms with Crippen molar-refractivity contribution in [3.63, 3.8) is 0 Å². The van der Waals surface area contributed by atoms with Gasteiger partial charge in [0.1, 0.15) is 6.61 Å². The monoisotopic (exact) mass is 207 g/mol. The second-order valence-electron chi connectivity index (χ2n) is 3.27. The van der Waals surface area contributed by atoms with E-state index in [1.54, 1.807) is 12.1 Å². The fourth-order valence-electron chi connectivity index (χ4n) is 1.16. The van der Waals surface area contributed by atoms with Crippen LogP contribution in [0.3, 0.4) is 0 Å². The highest BCUT2D eigenvalue weighted by Crippen LogP contribution is 2.14. The van der Waals surface area contributed by atoms with E-state index in [0.717, 1.165) is 6.42 Å². The molecule has 0 bridgehead atoms. The molecular formula is C13H16FO. The van der Waals surface area contributed by atoms with Crippen molar-refractivity contribution >= 4 is 0 Å². The molecule has 0 fully saturated rings. The van der Waals surface area contributed by atoms with Gasteiger partial charge < -0.3 is 4.74 Å². The van der Waals surface area contributed by atoms with E-state index in [1.165, 1.54) is 18.9 Å². The first-order chi connectivity index (χ1) is 7.34. The summed E-state index contributed by atoms with van der Waals surface area (Å²) in [4.78, 5) is 0. The minimum Gasteiger partial charge on any atom is -0.486 e. The van der Waals surface area contributed by atoms with Crippen LogP contribution in [0.2, 0.25) is 0 Å². The average Bonchev–Trinajstić information content (AvgIpc) is 2.25. The molecule has 0 spiro atoms. The van der Waals surface area contributed by atoms with Crippen LogP contribution in [0, 0.1) is 11.9 Å². The number of ether oxygens (including phenoxy) is 1. The highest BCUT2D eigenvalue weighted by atomic mass is 19.1. The predicted molar refractivity (Wildman–Crippen MR) is 59.4 cm³/mol. The molecule has 0 heterocycles. The summed E-state index contributed by atoms with van der Waals surface area (Å²) < 4.78 is 18.2. The molecule has 0 amide bonds. The van der Waals surface area contributed by atoms with Gasteiger partial charge in [0, 0.05) is 6.07 Å². The third-order valence-corrected chi connectivity index (χ3v) is 2.00. The third kappa shape index (κ3) is 4.63. The molecule has 81 valence electrons. The minimum atomic E-state index is -0.431. The first-order valence-corrected chi connectivity index (χ1v) is 5.28. The molecule has 1 rings (SSSR count). The van der Waals surface area contributed by atoms with Crippen LogP contribution in [0.1, 0.15) is 26.2 Å². The molecule has 0 aliphatic heterocycles. The van der Waals surface area contributed by atoms with Gasteiger partial charge in [-0.2, -0.15) is 0 Å². The van der Waals surface area contributed by atoms with Crippen LogP contribution < -0.4 is 4.74 Å². The second-order valence-corrected chi connectivity index (χ2v) is 3.27. The van der Waals surface area contributed by atoms with Crippen molar-refractivity contribution < 1.29 is 9.13 Å². The zero-order valence-electron chi connectivity index (χ0n) is 9.00. The normalized spacial score (nSPS) is 10.8. The van der Waals surface area contributed by atoms with Crippen LogP contribution in [0.25, 0.3) is 0 Å². The molecule has 0 aromatic heterocycles. The number of benzene rings is 1. The van der Waals surface area contributed by atoms with E-state index < -0.39 is 5.82 Å². The maximum atomic E-state index is 13.0. The van der Waals surface area contributed by atoms with E-state index >= 15 is 0 Å². The van der Waals surface area contributed by atoms with Gasteiger partial charge in [-0.05, 0) is 12.5 Å². The van der Waals surface area contributed by atoms with Gasteiger partial charge in [0.2, 0.25) is 0 Å². The van der Waals surface area contributed by atoms with Crippen molar-refractivity contribution in [2.24, 2.45) is 0 Å². The van der Waals surface area contributed by atoms with Gasteiger partial charge in [0.25, 0.3) is 0 Å². The Hall–Kier alpha value is -1.31. The Morgan fingerprint density at radius 3 is 3.07 bits per heavy atom. The van der Waals surface area contributed by atoms with E-state index in [4.69, 9.17) is 4.74 Å². The predicted octanol–water partition coefficient (Wildman–Crippen LogP) is 3.75. The largest absolute Gasteiger partial charge is 0.486 e. The van der Waals surface area contributed by atoms with E-state index in [0.29, 0.717) is 6.61 Å². The number of halogens is 1. The summed E-state index contributed by atoms with van der Waals surface area (Å²) in [6, 6.07) is 7.28. The number of rotatable bonds is 6. The highest BCUT2D eigenvalue weighted by Gasteiger charge is 1.99. The summed E-state index contributed by atoms with van der Waals surface area (Å²) in [6.07, 6.45) is 7.41. The van der Waals surface area contributed by atoms with Crippen molar-refractivity contribution in [1.29, 1.82) is 0 Å². The van der Waals surface area contributed by atoms with Crippen LogP contribution in [0.5, 0.6) is 5.75 Å². The number of allylic oxidation sites excluding steroid dienone is 1. The van der Waals surface area contributed by atoms with E-state index in [-0.39, 0.29) is 5.75 Å². The van der Waals surface area contributed by atoms with Crippen LogP contribution in [0.4, 0.5) is 4.39 Å². The summed E-state index contributed by atoms with van der Waals surface area (Å²) in [5.41, 5.74) is 0. The first kappa shape index (κ1) is 11.8. The molecular weight excluding hydrogens is 191 g/mol. The maximum absolute atomic E-state index is 13.0. The fourth-order valence-corrected chi connectivity index (χ4v) is 1.16. The zero-order valence-corrected chi connectivity index (χ0v) is 9.00. The summed E-state index contributed by atoms with van der Waals surface area (Å²) in [5.74, 6) is -0.169. The molecule has 0 aliphatic carbocycles. The van der Waals surface area contributed by atoms with Gasteiger partial charge in [0.15, 0.2) is 11.6 Å². The number of hydrogen-bond acceptors (Lipinski definition) is 1. The lowest BCUT2D eigenvalue weighted by atomic mass is 10.2. The molecule has 1 nitrogen and oxygen atoms in total. The Bertz CT molecular complexity index is 307. The first-order valence-electron chi connectivity index (χ1n) is 5.28. The number of hydrogen-bond donors (Lipinski definition) is 0. The zero-order chi connectivity index (χ0) is 10.9. The molecule has 0 atom stereocenters. The Labute approximate surface area is 90.6 Å². The third-order valence-electron chi connectivity index (χ3n) is 2.00. The van der Waals surface area contributed by atoms with Crippen molar-refractivity contribution in [3.05, 3.63) is 42.2 Å². The topological polar surface area (TPSA) is 9.23 Å². The molecule has 0 N–H and O–H groups in total. The van der Waals surface area contributed by atoms with Gasteiger partial charge >= 0.3 is 0 Å². The molecule has 2 heteroatoms. The molecule has 0 unspecified atom stereocenters. The summed E-state index contributed by atoms with van der Waals surface area (Å²) >= 11 is 0. The fraction of sp³-hybridized carbons (Fsp3) is 0.385. The lowest BCUT2D eigenvalue weighted by molar-refractivity contribution is 0.341. The lowest BCUT2D eigenvalue weighted by Crippen LogP contribution is -1.95. The molecule has 0 saturated heterocycles.